The smallest absolute Gasteiger partial charge is 0.261 e. The van der Waals surface area contributed by atoms with Crippen molar-refractivity contribution in [2.75, 3.05) is 18.4 Å². The zero-order chi connectivity index (χ0) is 20.0. The molecule has 0 aliphatic carbocycles. The topological polar surface area (TPSA) is 78.5 Å². The molecule has 1 unspecified atom stereocenters. The lowest BCUT2D eigenvalue weighted by atomic mass is 10.1. The number of carbonyl (C=O) groups is 3. The first-order valence-corrected chi connectivity index (χ1v) is 9.87. The molecule has 0 fully saturated rings. The van der Waals surface area contributed by atoms with Gasteiger partial charge in [0.25, 0.3) is 11.8 Å². The summed E-state index contributed by atoms with van der Waals surface area (Å²) in [5.41, 5.74) is 0.843. The summed E-state index contributed by atoms with van der Waals surface area (Å²) in [5, 5.41) is 7.40. The number of nitrogens with zero attached hydrogens (tertiary/aromatic N) is 1. The Morgan fingerprint density at radius 2 is 1.89 bits per heavy atom. The fourth-order valence-electron chi connectivity index (χ4n) is 2.44. The number of thiophene rings is 1. The van der Waals surface area contributed by atoms with Gasteiger partial charge in [-0.15, -0.1) is 11.3 Å². The maximum atomic E-state index is 12.4. The van der Waals surface area contributed by atoms with Gasteiger partial charge in [-0.2, -0.15) is 0 Å². The maximum Gasteiger partial charge on any atom is 0.261 e. The fourth-order valence-corrected chi connectivity index (χ4v) is 3.33. The second-order valence-electron chi connectivity index (χ2n) is 5.83. The van der Waals surface area contributed by atoms with Crippen molar-refractivity contribution in [1.82, 2.24) is 10.2 Å². The number of halogens is 1. The molecule has 2 rings (SSSR count). The Bertz CT molecular complexity index is 820. The van der Waals surface area contributed by atoms with Crippen LogP contribution < -0.4 is 10.6 Å². The molecule has 0 spiro atoms. The number of hydrogen-bond donors (Lipinski definition) is 2. The van der Waals surface area contributed by atoms with E-state index in [9.17, 15) is 14.4 Å². The first kappa shape index (κ1) is 20.9. The number of amides is 3. The normalized spacial score (nSPS) is 11.6. The third-order valence-corrected chi connectivity index (χ3v) is 5.18. The molecule has 0 aliphatic heterocycles. The first-order chi connectivity index (χ1) is 12.9. The van der Waals surface area contributed by atoms with E-state index in [0.717, 1.165) is 0 Å². The van der Waals surface area contributed by atoms with Gasteiger partial charge in [-0.1, -0.05) is 17.7 Å². The summed E-state index contributed by atoms with van der Waals surface area (Å²) in [7, 11) is 0. The second kappa shape index (κ2) is 9.53. The lowest BCUT2D eigenvalue weighted by Gasteiger charge is -2.19. The molecule has 0 radical (unpaired) electrons. The molecule has 144 valence electrons. The lowest BCUT2D eigenvalue weighted by molar-refractivity contribution is -0.117. The molecule has 1 atom stereocenters. The predicted molar refractivity (Wildman–Crippen MR) is 109 cm³/mol. The van der Waals surface area contributed by atoms with Crippen LogP contribution in [-0.2, 0) is 4.79 Å². The summed E-state index contributed by atoms with van der Waals surface area (Å²) in [5.74, 6) is -0.830. The van der Waals surface area contributed by atoms with E-state index in [1.54, 1.807) is 41.5 Å². The van der Waals surface area contributed by atoms with Crippen LogP contribution in [0.3, 0.4) is 0 Å². The average Bonchev–Trinajstić information content (AvgIpc) is 3.17. The van der Waals surface area contributed by atoms with Crippen molar-refractivity contribution < 1.29 is 14.4 Å². The molecule has 2 aromatic rings. The molecular weight excluding hydrogens is 386 g/mol. The van der Waals surface area contributed by atoms with Gasteiger partial charge < -0.3 is 15.5 Å². The monoisotopic (exact) mass is 407 g/mol. The van der Waals surface area contributed by atoms with Crippen LogP contribution in [0.15, 0.2) is 35.7 Å². The number of anilines is 1. The third kappa shape index (κ3) is 5.30. The summed E-state index contributed by atoms with van der Waals surface area (Å²) in [6.45, 7) is 6.57. The van der Waals surface area contributed by atoms with Crippen LogP contribution in [0.25, 0.3) is 0 Å². The zero-order valence-corrected chi connectivity index (χ0v) is 17.0. The SMILES string of the molecule is CCN(CC)C(=O)c1ccc(NC(=O)C(C)NC(=O)c2cccs2)cc1Cl. The third-order valence-electron chi connectivity index (χ3n) is 4.00. The Kier molecular flexibility index (Phi) is 7.38. The number of rotatable bonds is 7. The highest BCUT2D eigenvalue weighted by Gasteiger charge is 2.19. The Labute approximate surface area is 167 Å². The van der Waals surface area contributed by atoms with Crippen molar-refractivity contribution in [2.24, 2.45) is 0 Å². The van der Waals surface area contributed by atoms with Crippen LogP contribution in [-0.4, -0.2) is 41.8 Å². The number of hydrogen-bond acceptors (Lipinski definition) is 4. The van der Waals surface area contributed by atoms with Gasteiger partial charge in [0.05, 0.1) is 15.5 Å². The summed E-state index contributed by atoms with van der Waals surface area (Å²) in [6.07, 6.45) is 0. The highest BCUT2D eigenvalue weighted by Crippen LogP contribution is 2.22. The molecule has 6 nitrogen and oxygen atoms in total. The molecule has 1 aromatic carbocycles. The van der Waals surface area contributed by atoms with Crippen molar-refractivity contribution in [2.45, 2.75) is 26.8 Å². The summed E-state index contributed by atoms with van der Waals surface area (Å²) < 4.78 is 0. The molecule has 0 saturated heterocycles. The van der Waals surface area contributed by atoms with E-state index in [4.69, 9.17) is 11.6 Å². The Hall–Kier alpha value is -2.38. The van der Waals surface area contributed by atoms with E-state index >= 15 is 0 Å². The molecule has 8 heteroatoms. The van der Waals surface area contributed by atoms with Crippen LogP contribution in [0.2, 0.25) is 5.02 Å². The van der Waals surface area contributed by atoms with Gasteiger partial charge in [-0.25, -0.2) is 0 Å². The molecule has 0 saturated carbocycles. The predicted octanol–water partition coefficient (Wildman–Crippen LogP) is 3.64. The largest absolute Gasteiger partial charge is 0.340 e. The van der Waals surface area contributed by atoms with Crippen molar-refractivity contribution >= 4 is 46.3 Å². The number of benzene rings is 1. The Morgan fingerprint density at radius 3 is 2.44 bits per heavy atom. The van der Waals surface area contributed by atoms with Crippen LogP contribution >= 0.6 is 22.9 Å². The summed E-state index contributed by atoms with van der Waals surface area (Å²) in [6, 6.07) is 7.48. The summed E-state index contributed by atoms with van der Waals surface area (Å²) in [4.78, 5) is 38.9. The van der Waals surface area contributed by atoms with E-state index in [2.05, 4.69) is 10.6 Å². The van der Waals surface area contributed by atoms with E-state index in [1.807, 2.05) is 13.8 Å². The molecule has 1 aromatic heterocycles. The van der Waals surface area contributed by atoms with Gasteiger partial charge in [0, 0.05) is 18.8 Å². The molecule has 0 bridgehead atoms. The second-order valence-corrected chi connectivity index (χ2v) is 7.19. The van der Waals surface area contributed by atoms with Gasteiger partial charge in [-0.05, 0) is 50.4 Å². The van der Waals surface area contributed by atoms with Crippen molar-refractivity contribution in [3.05, 3.63) is 51.2 Å². The van der Waals surface area contributed by atoms with Crippen molar-refractivity contribution in [1.29, 1.82) is 0 Å². The quantitative estimate of drug-likeness (QED) is 0.735. The molecule has 1 heterocycles. The minimum atomic E-state index is -0.727. The number of nitrogens with one attached hydrogen (secondary N) is 2. The van der Waals surface area contributed by atoms with Gasteiger partial charge in [0.2, 0.25) is 5.91 Å². The molecule has 0 aliphatic rings. The maximum absolute atomic E-state index is 12.4. The highest BCUT2D eigenvalue weighted by atomic mass is 35.5. The van der Waals surface area contributed by atoms with E-state index < -0.39 is 6.04 Å². The zero-order valence-electron chi connectivity index (χ0n) is 15.4. The first-order valence-electron chi connectivity index (χ1n) is 8.61. The average molecular weight is 408 g/mol. The van der Waals surface area contributed by atoms with Gasteiger partial charge in [0.1, 0.15) is 6.04 Å². The van der Waals surface area contributed by atoms with E-state index in [0.29, 0.717) is 29.2 Å². The number of carbonyl (C=O) groups excluding carboxylic acids is 3. The van der Waals surface area contributed by atoms with Gasteiger partial charge in [-0.3, -0.25) is 14.4 Å². The Balaban J connectivity index is 2.02. The van der Waals surface area contributed by atoms with Gasteiger partial charge >= 0.3 is 0 Å². The van der Waals surface area contributed by atoms with Crippen LogP contribution in [0.1, 0.15) is 40.8 Å². The molecule has 3 amide bonds. The Morgan fingerprint density at radius 1 is 1.19 bits per heavy atom. The van der Waals surface area contributed by atoms with Crippen LogP contribution in [0.5, 0.6) is 0 Å². The lowest BCUT2D eigenvalue weighted by Crippen LogP contribution is -2.41. The van der Waals surface area contributed by atoms with Crippen molar-refractivity contribution in [3.8, 4) is 0 Å². The van der Waals surface area contributed by atoms with E-state index in [-0.39, 0.29) is 22.7 Å². The fraction of sp³-hybridized carbons (Fsp3) is 0.316. The van der Waals surface area contributed by atoms with Crippen LogP contribution in [0.4, 0.5) is 5.69 Å². The highest BCUT2D eigenvalue weighted by molar-refractivity contribution is 7.12. The molecular formula is C19H22ClN3O3S. The van der Waals surface area contributed by atoms with Crippen LogP contribution in [0, 0.1) is 0 Å². The van der Waals surface area contributed by atoms with Gasteiger partial charge in [0.15, 0.2) is 0 Å². The molecule has 2 N–H and O–H groups in total. The minimum Gasteiger partial charge on any atom is -0.340 e. The van der Waals surface area contributed by atoms with E-state index in [1.165, 1.54) is 17.4 Å². The van der Waals surface area contributed by atoms with Crippen molar-refractivity contribution in [3.63, 3.8) is 0 Å². The summed E-state index contributed by atoms with van der Waals surface area (Å²) >= 11 is 7.53. The molecule has 27 heavy (non-hydrogen) atoms. The standard InChI is InChI=1S/C19H22ClN3O3S/c1-4-23(5-2)19(26)14-9-8-13(11-15(14)20)22-17(24)12(3)21-18(25)16-7-6-10-27-16/h6-12H,4-5H2,1-3H3,(H,21,25)(H,22,24). The minimum absolute atomic E-state index is 0.153.